The molecule has 2 heterocycles. The van der Waals surface area contributed by atoms with E-state index in [1.165, 1.54) is 0 Å². The molecule has 0 bridgehead atoms. The molecular formula is C19H20N4O3. The lowest BCUT2D eigenvalue weighted by atomic mass is 10.2. The highest BCUT2D eigenvalue weighted by molar-refractivity contribution is 6.02. The van der Waals surface area contributed by atoms with E-state index in [-0.39, 0.29) is 23.6 Å². The Hall–Kier alpha value is -3.35. The summed E-state index contributed by atoms with van der Waals surface area (Å²) < 4.78 is 7.09. The lowest BCUT2D eigenvalue weighted by molar-refractivity contribution is -0.118. The smallest absolute Gasteiger partial charge is 0.291 e. The molecule has 2 N–H and O–H groups in total. The van der Waals surface area contributed by atoms with Crippen molar-refractivity contribution in [3.8, 4) is 0 Å². The first kappa shape index (κ1) is 17.5. The SMILES string of the molecule is Cc1ccc(C(=O)Nc2ccc(NC(=O)[C@@H](C)n3ccnc3C)cc2)o1. The van der Waals surface area contributed by atoms with Crippen LogP contribution < -0.4 is 10.6 Å². The van der Waals surface area contributed by atoms with Gasteiger partial charge in [0.25, 0.3) is 5.91 Å². The molecule has 0 spiro atoms. The largest absolute Gasteiger partial charge is 0.456 e. The van der Waals surface area contributed by atoms with Crippen molar-refractivity contribution in [2.45, 2.75) is 26.8 Å². The molecule has 0 aliphatic carbocycles. The summed E-state index contributed by atoms with van der Waals surface area (Å²) in [5, 5.41) is 5.60. The minimum atomic E-state index is -0.376. The quantitative estimate of drug-likeness (QED) is 0.735. The van der Waals surface area contributed by atoms with Gasteiger partial charge in [0.05, 0.1) is 0 Å². The van der Waals surface area contributed by atoms with Crippen LogP contribution in [0, 0.1) is 13.8 Å². The number of nitrogens with zero attached hydrogens (tertiary/aromatic N) is 2. The van der Waals surface area contributed by atoms with E-state index in [0.29, 0.717) is 17.1 Å². The zero-order valence-electron chi connectivity index (χ0n) is 14.8. The zero-order chi connectivity index (χ0) is 18.7. The minimum Gasteiger partial charge on any atom is -0.456 e. The van der Waals surface area contributed by atoms with Gasteiger partial charge in [-0.3, -0.25) is 9.59 Å². The third-order valence-corrected chi connectivity index (χ3v) is 4.03. The van der Waals surface area contributed by atoms with Gasteiger partial charge in [0.15, 0.2) is 5.76 Å². The van der Waals surface area contributed by atoms with Crippen molar-refractivity contribution in [3.05, 3.63) is 66.1 Å². The molecule has 3 aromatic rings. The summed E-state index contributed by atoms with van der Waals surface area (Å²) in [6, 6.07) is 9.88. The highest BCUT2D eigenvalue weighted by Crippen LogP contribution is 2.17. The number of carbonyl (C=O) groups is 2. The number of imidazole rings is 1. The van der Waals surface area contributed by atoms with Gasteiger partial charge in [-0.25, -0.2) is 4.98 Å². The van der Waals surface area contributed by atoms with Crippen LogP contribution in [0.1, 0.15) is 35.1 Å². The van der Waals surface area contributed by atoms with Crippen LogP contribution in [0.25, 0.3) is 0 Å². The fourth-order valence-corrected chi connectivity index (χ4v) is 2.56. The van der Waals surface area contributed by atoms with Crippen molar-refractivity contribution in [2.24, 2.45) is 0 Å². The number of carbonyl (C=O) groups excluding carboxylic acids is 2. The molecule has 7 heteroatoms. The number of nitrogens with one attached hydrogen (secondary N) is 2. The molecule has 0 saturated carbocycles. The van der Waals surface area contributed by atoms with Gasteiger partial charge in [0.1, 0.15) is 17.6 Å². The molecule has 1 atom stereocenters. The van der Waals surface area contributed by atoms with E-state index in [2.05, 4.69) is 15.6 Å². The molecule has 0 fully saturated rings. The molecule has 2 aromatic heterocycles. The molecule has 2 amide bonds. The predicted molar refractivity (Wildman–Crippen MR) is 98.1 cm³/mol. The lowest BCUT2D eigenvalue weighted by Crippen LogP contribution is -2.24. The number of aryl methyl sites for hydroxylation is 2. The molecule has 1 aromatic carbocycles. The maximum atomic E-state index is 12.4. The summed E-state index contributed by atoms with van der Waals surface area (Å²) in [5.41, 5.74) is 1.26. The van der Waals surface area contributed by atoms with Crippen LogP contribution in [0.4, 0.5) is 11.4 Å². The van der Waals surface area contributed by atoms with Crippen LogP contribution >= 0.6 is 0 Å². The van der Waals surface area contributed by atoms with E-state index in [0.717, 1.165) is 5.82 Å². The van der Waals surface area contributed by atoms with Crippen molar-refractivity contribution in [1.29, 1.82) is 0 Å². The Morgan fingerprint density at radius 1 is 1.04 bits per heavy atom. The van der Waals surface area contributed by atoms with Gasteiger partial charge in [0, 0.05) is 23.8 Å². The molecule has 0 saturated heterocycles. The van der Waals surface area contributed by atoms with Crippen LogP contribution in [0.3, 0.4) is 0 Å². The maximum Gasteiger partial charge on any atom is 0.291 e. The third-order valence-electron chi connectivity index (χ3n) is 4.03. The first-order valence-corrected chi connectivity index (χ1v) is 8.22. The number of rotatable bonds is 5. The van der Waals surface area contributed by atoms with Crippen molar-refractivity contribution in [1.82, 2.24) is 9.55 Å². The fourth-order valence-electron chi connectivity index (χ4n) is 2.56. The topological polar surface area (TPSA) is 89.2 Å². The van der Waals surface area contributed by atoms with Gasteiger partial charge < -0.3 is 19.6 Å². The second-order valence-electron chi connectivity index (χ2n) is 5.99. The Kier molecular flexibility index (Phi) is 4.88. The minimum absolute atomic E-state index is 0.144. The Bertz CT molecular complexity index is 924. The first-order chi connectivity index (χ1) is 12.4. The summed E-state index contributed by atoms with van der Waals surface area (Å²) in [6.45, 7) is 5.44. The summed E-state index contributed by atoms with van der Waals surface area (Å²) in [6.07, 6.45) is 3.44. The summed E-state index contributed by atoms with van der Waals surface area (Å²) in [4.78, 5) is 28.6. The van der Waals surface area contributed by atoms with Crippen molar-refractivity contribution < 1.29 is 14.0 Å². The standard InChI is InChI=1S/C19H20N4O3/c1-12-4-9-17(26-12)19(25)22-16-7-5-15(6-8-16)21-18(24)13(2)23-11-10-20-14(23)3/h4-11,13H,1-3H3,(H,21,24)(H,22,25)/t13-/m1/s1. The van der Waals surface area contributed by atoms with E-state index in [9.17, 15) is 9.59 Å². The maximum absolute atomic E-state index is 12.4. The molecule has 0 aliphatic heterocycles. The van der Waals surface area contributed by atoms with E-state index >= 15 is 0 Å². The lowest BCUT2D eigenvalue weighted by Gasteiger charge is -2.15. The number of benzene rings is 1. The Labute approximate surface area is 151 Å². The van der Waals surface area contributed by atoms with Crippen molar-refractivity contribution in [3.63, 3.8) is 0 Å². The average Bonchev–Trinajstić information content (AvgIpc) is 3.24. The van der Waals surface area contributed by atoms with Gasteiger partial charge in [-0.15, -0.1) is 0 Å². The van der Waals surface area contributed by atoms with Gasteiger partial charge in [-0.05, 0) is 57.2 Å². The number of amides is 2. The van der Waals surface area contributed by atoms with Gasteiger partial charge in [-0.1, -0.05) is 0 Å². The van der Waals surface area contributed by atoms with Crippen LogP contribution in [-0.4, -0.2) is 21.4 Å². The van der Waals surface area contributed by atoms with E-state index in [1.807, 2.05) is 13.8 Å². The second-order valence-corrected chi connectivity index (χ2v) is 5.99. The third kappa shape index (κ3) is 3.83. The molecule has 26 heavy (non-hydrogen) atoms. The molecule has 0 radical (unpaired) electrons. The zero-order valence-corrected chi connectivity index (χ0v) is 14.8. The van der Waals surface area contributed by atoms with Crippen LogP contribution in [-0.2, 0) is 4.79 Å². The van der Waals surface area contributed by atoms with Crippen LogP contribution in [0.15, 0.2) is 53.2 Å². The van der Waals surface area contributed by atoms with Gasteiger partial charge in [0.2, 0.25) is 5.91 Å². The predicted octanol–water partition coefficient (Wildman–Crippen LogP) is 3.54. The number of hydrogen-bond acceptors (Lipinski definition) is 4. The molecular weight excluding hydrogens is 332 g/mol. The molecule has 0 unspecified atom stereocenters. The van der Waals surface area contributed by atoms with Gasteiger partial charge in [-0.2, -0.15) is 0 Å². The Morgan fingerprint density at radius 2 is 1.69 bits per heavy atom. The van der Waals surface area contributed by atoms with E-state index in [1.54, 1.807) is 60.3 Å². The highest BCUT2D eigenvalue weighted by Gasteiger charge is 2.16. The molecule has 7 nitrogen and oxygen atoms in total. The van der Waals surface area contributed by atoms with E-state index in [4.69, 9.17) is 4.42 Å². The monoisotopic (exact) mass is 352 g/mol. The first-order valence-electron chi connectivity index (χ1n) is 8.22. The number of hydrogen-bond donors (Lipinski definition) is 2. The summed E-state index contributed by atoms with van der Waals surface area (Å²) in [5.74, 6) is 1.24. The Balaban J connectivity index is 1.61. The Morgan fingerprint density at radius 3 is 2.23 bits per heavy atom. The van der Waals surface area contributed by atoms with E-state index < -0.39 is 0 Å². The highest BCUT2D eigenvalue weighted by atomic mass is 16.3. The normalized spacial score (nSPS) is 11.8. The van der Waals surface area contributed by atoms with Crippen molar-refractivity contribution in [2.75, 3.05) is 10.6 Å². The average molecular weight is 352 g/mol. The fraction of sp³-hybridized carbons (Fsp3) is 0.211. The summed E-state index contributed by atoms with van der Waals surface area (Å²) in [7, 11) is 0. The second kappa shape index (κ2) is 7.26. The molecule has 0 aliphatic rings. The van der Waals surface area contributed by atoms with Crippen LogP contribution in [0.2, 0.25) is 0 Å². The molecule has 3 rings (SSSR count). The number of aromatic nitrogens is 2. The van der Waals surface area contributed by atoms with Gasteiger partial charge >= 0.3 is 0 Å². The van der Waals surface area contributed by atoms with Crippen molar-refractivity contribution >= 4 is 23.2 Å². The van der Waals surface area contributed by atoms with Crippen LogP contribution in [0.5, 0.6) is 0 Å². The summed E-state index contributed by atoms with van der Waals surface area (Å²) >= 11 is 0. The number of furan rings is 1. The number of anilines is 2. The molecule has 134 valence electrons.